The van der Waals surface area contributed by atoms with Crippen LogP contribution >= 0.6 is 0 Å². The predicted octanol–water partition coefficient (Wildman–Crippen LogP) is 8.21. The SMILES string of the molecule is CC(C)(C)OC(=O)N1CC[C@H](c2ccc(F)cc2)C[C@@H]1C(C)(C)C.CC(C)(C)OC(=O)N1CC[C@H](c2ccc(F)cc2)C[C@@H]1OC=O.O=C=O. The summed E-state index contributed by atoms with van der Waals surface area (Å²) < 4.78 is 42.2. The Hall–Kier alpha value is -4.31. The van der Waals surface area contributed by atoms with Gasteiger partial charge in [0.25, 0.3) is 6.47 Å². The monoisotopic (exact) mass is 702 g/mol. The van der Waals surface area contributed by atoms with Crippen molar-refractivity contribution in [2.75, 3.05) is 13.1 Å². The van der Waals surface area contributed by atoms with E-state index in [9.17, 15) is 23.2 Å². The number of benzene rings is 2. The van der Waals surface area contributed by atoms with Crippen LogP contribution in [0.4, 0.5) is 18.4 Å². The van der Waals surface area contributed by atoms with Crippen LogP contribution in [0.5, 0.6) is 0 Å². The smallest absolute Gasteiger partial charge is 0.413 e. The van der Waals surface area contributed by atoms with Gasteiger partial charge in [0.15, 0.2) is 6.23 Å². The Balaban J connectivity index is 0.000000322. The molecule has 2 aliphatic rings. The molecule has 2 amide bonds. The summed E-state index contributed by atoms with van der Waals surface area (Å²) in [7, 11) is 0. The molecule has 0 radical (unpaired) electrons. The molecule has 4 rings (SSSR count). The van der Waals surface area contributed by atoms with Crippen molar-refractivity contribution < 1.29 is 47.0 Å². The lowest BCUT2D eigenvalue weighted by Crippen LogP contribution is -2.52. The number of carbonyl (C=O) groups is 3. The minimum Gasteiger partial charge on any atom is -0.444 e. The summed E-state index contributed by atoms with van der Waals surface area (Å²) in [5, 5.41) is 0. The molecule has 50 heavy (non-hydrogen) atoms. The summed E-state index contributed by atoms with van der Waals surface area (Å²) in [6, 6.07) is 13.1. The molecule has 12 heteroatoms. The molecular weight excluding hydrogens is 650 g/mol. The molecule has 0 unspecified atom stereocenters. The van der Waals surface area contributed by atoms with E-state index in [-0.39, 0.29) is 41.3 Å². The van der Waals surface area contributed by atoms with Crippen molar-refractivity contribution >= 4 is 24.8 Å². The van der Waals surface area contributed by atoms with E-state index in [2.05, 4.69) is 20.8 Å². The van der Waals surface area contributed by atoms with Gasteiger partial charge in [0.05, 0.1) is 0 Å². The number of amides is 2. The number of piperidine rings is 2. The van der Waals surface area contributed by atoms with Gasteiger partial charge >= 0.3 is 18.3 Å². The molecule has 2 aromatic carbocycles. The van der Waals surface area contributed by atoms with Crippen molar-refractivity contribution in [1.82, 2.24) is 9.80 Å². The number of carbonyl (C=O) groups excluding carboxylic acids is 5. The van der Waals surface area contributed by atoms with Gasteiger partial charge in [-0.2, -0.15) is 9.59 Å². The Morgan fingerprint density at radius 1 is 0.700 bits per heavy atom. The van der Waals surface area contributed by atoms with Gasteiger partial charge in [-0.3, -0.25) is 9.69 Å². The van der Waals surface area contributed by atoms with Gasteiger partial charge in [-0.05, 0) is 113 Å². The fraction of sp³-hybridized carbons (Fsp3) is 0.579. The first-order valence-corrected chi connectivity index (χ1v) is 16.8. The maximum Gasteiger partial charge on any atom is 0.413 e. The summed E-state index contributed by atoms with van der Waals surface area (Å²) in [5.74, 6) is -0.0642. The van der Waals surface area contributed by atoms with E-state index in [1.807, 2.05) is 37.8 Å². The summed E-state index contributed by atoms with van der Waals surface area (Å²) >= 11 is 0. The topological polar surface area (TPSA) is 120 Å². The molecule has 2 saturated heterocycles. The fourth-order valence-electron chi connectivity index (χ4n) is 6.05. The number of rotatable bonds is 4. The average molecular weight is 703 g/mol. The third kappa shape index (κ3) is 13.5. The summed E-state index contributed by atoms with van der Waals surface area (Å²) in [6.45, 7) is 18.9. The van der Waals surface area contributed by atoms with Crippen LogP contribution in [0.1, 0.15) is 111 Å². The van der Waals surface area contributed by atoms with Crippen LogP contribution in [0.2, 0.25) is 0 Å². The molecule has 4 atom stereocenters. The van der Waals surface area contributed by atoms with E-state index in [1.165, 1.54) is 29.2 Å². The quantitative estimate of drug-likeness (QED) is 0.231. The van der Waals surface area contributed by atoms with Gasteiger partial charge in [0, 0.05) is 25.6 Å². The first-order chi connectivity index (χ1) is 23.2. The Morgan fingerprint density at radius 2 is 1.08 bits per heavy atom. The first kappa shape index (κ1) is 41.9. The highest BCUT2D eigenvalue weighted by Crippen LogP contribution is 2.40. The molecule has 0 spiro atoms. The fourth-order valence-corrected chi connectivity index (χ4v) is 6.05. The molecular formula is C38H52F2N2O8. The molecule has 10 nitrogen and oxygen atoms in total. The molecule has 0 N–H and O–H groups in total. The lowest BCUT2D eigenvalue weighted by Gasteiger charge is -2.46. The van der Waals surface area contributed by atoms with Crippen molar-refractivity contribution in [2.45, 2.75) is 123 Å². The van der Waals surface area contributed by atoms with Crippen molar-refractivity contribution in [2.24, 2.45) is 5.41 Å². The molecule has 2 aromatic rings. The Morgan fingerprint density at radius 3 is 1.46 bits per heavy atom. The Kier molecular flexibility index (Phi) is 15.1. The van der Waals surface area contributed by atoms with Crippen molar-refractivity contribution in [3.8, 4) is 0 Å². The zero-order chi connectivity index (χ0) is 37.9. The molecule has 276 valence electrons. The molecule has 0 bridgehead atoms. The average Bonchev–Trinajstić information content (AvgIpc) is 3.00. The van der Waals surface area contributed by atoms with Gasteiger partial charge in [-0.15, -0.1) is 0 Å². The zero-order valence-corrected chi connectivity index (χ0v) is 30.7. The van der Waals surface area contributed by atoms with Gasteiger partial charge in [-0.25, -0.2) is 18.4 Å². The summed E-state index contributed by atoms with van der Waals surface area (Å²) in [5.41, 5.74) is 0.962. The second kappa shape index (κ2) is 18.1. The van der Waals surface area contributed by atoms with Gasteiger partial charge < -0.3 is 19.1 Å². The molecule has 2 fully saturated rings. The number of ether oxygens (including phenoxy) is 3. The van der Waals surface area contributed by atoms with Crippen LogP contribution in [-0.4, -0.2) is 71.2 Å². The Bertz CT molecular complexity index is 1420. The second-order valence-corrected chi connectivity index (χ2v) is 15.5. The Labute approximate surface area is 294 Å². The van der Waals surface area contributed by atoms with E-state index < -0.39 is 23.5 Å². The first-order valence-electron chi connectivity index (χ1n) is 16.8. The summed E-state index contributed by atoms with van der Waals surface area (Å²) in [6.07, 6.45) is 1.74. The van der Waals surface area contributed by atoms with Gasteiger partial charge in [0.1, 0.15) is 22.8 Å². The van der Waals surface area contributed by atoms with Crippen molar-refractivity contribution in [3.63, 3.8) is 0 Å². The van der Waals surface area contributed by atoms with Crippen LogP contribution in [0, 0.1) is 17.0 Å². The second-order valence-electron chi connectivity index (χ2n) is 15.5. The van der Waals surface area contributed by atoms with E-state index in [1.54, 1.807) is 32.9 Å². The highest BCUT2D eigenvalue weighted by atomic mass is 19.1. The van der Waals surface area contributed by atoms with Crippen LogP contribution in [0.25, 0.3) is 0 Å². The number of likely N-dealkylation sites (tertiary alicyclic amines) is 2. The third-order valence-corrected chi connectivity index (χ3v) is 8.31. The van der Waals surface area contributed by atoms with Gasteiger partial charge in [0.2, 0.25) is 0 Å². The highest BCUT2D eigenvalue weighted by molar-refractivity contribution is 5.69. The lowest BCUT2D eigenvalue weighted by molar-refractivity contribution is -0.191. The van der Waals surface area contributed by atoms with E-state index >= 15 is 0 Å². The van der Waals surface area contributed by atoms with Crippen LogP contribution in [-0.2, 0) is 28.6 Å². The largest absolute Gasteiger partial charge is 0.444 e. The van der Waals surface area contributed by atoms with Crippen LogP contribution in [0.3, 0.4) is 0 Å². The van der Waals surface area contributed by atoms with Crippen LogP contribution in [0.15, 0.2) is 48.5 Å². The highest BCUT2D eigenvalue weighted by Gasteiger charge is 2.41. The number of nitrogens with zero attached hydrogens (tertiary/aromatic N) is 2. The van der Waals surface area contributed by atoms with E-state index in [4.69, 9.17) is 23.8 Å². The van der Waals surface area contributed by atoms with Crippen molar-refractivity contribution in [3.05, 3.63) is 71.3 Å². The maximum absolute atomic E-state index is 13.2. The molecule has 2 aliphatic heterocycles. The maximum atomic E-state index is 13.2. The van der Waals surface area contributed by atoms with Crippen molar-refractivity contribution in [1.29, 1.82) is 0 Å². The number of hydrogen-bond acceptors (Lipinski definition) is 8. The summed E-state index contributed by atoms with van der Waals surface area (Å²) in [4.78, 5) is 55.2. The molecule has 0 aromatic heterocycles. The van der Waals surface area contributed by atoms with Gasteiger partial charge in [-0.1, -0.05) is 45.0 Å². The number of hydrogen-bond donors (Lipinski definition) is 0. The predicted molar refractivity (Wildman–Crippen MR) is 182 cm³/mol. The normalized spacial score (nSPS) is 20.9. The van der Waals surface area contributed by atoms with E-state index in [0.717, 1.165) is 24.0 Å². The minimum atomic E-state index is -0.675. The standard InChI is InChI=1S/C20H30FNO2.C17H22FNO4.CO2/c1-19(2,3)17-13-15(14-7-9-16(21)10-8-14)11-12-22(17)18(23)24-20(4,5)6;1-17(2,3)23-16(21)19-9-8-13(10-15(19)22-11-20)12-4-6-14(18)7-5-12;2-1-3/h7-10,15,17H,11-13H2,1-6H3;4-7,11,13,15H,8-10H2,1-3H3;/t15-,17+;13-,15-;/m00./s1. The number of halogens is 2. The molecule has 2 heterocycles. The lowest BCUT2D eigenvalue weighted by atomic mass is 9.75. The third-order valence-electron chi connectivity index (χ3n) is 8.31. The molecule has 0 saturated carbocycles. The minimum absolute atomic E-state index is 0.0460. The molecule has 0 aliphatic carbocycles. The van der Waals surface area contributed by atoms with E-state index in [0.29, 0.717) is 38.3 Å². The zero-order valence-electron chi connectivity index (χ0n) is 30.7. The van der Waals surface area contributed by atoms with Crippen LogP contribution < -0.4 is 0 Å².